The number of phosphoric ester groups is 1. The molecule has 182 valence electrons. The molecule has 8 nitrogen and oxygen atoms in total. The average molecular weight is 953 g/mol. The topological polar surface area (TPSA) is 134 Å². The van der Waals surface area contributed by atoms with Gasteiger partial charge in [0.1, 0.15) is 0 Å². The largest absolute Gasteiger partial charge is 1.00 e. The molecule has 0 saturated heterocycles. The van der Waals surface area contributed by atoms with Crippen molar-refractivity contribution in [1.29, 1.82) is 0 Å². The summed E-state index contributed by atoms with van der Waals surface area (Å²) < 4.78 is 31.1. The Kier molecular flexibility index (Phi) is 64.2. The minimum atomic E-state index is -4.64. The second kappa shape index (κ2) is 36.1. The number of rotatable bonds is 14. The predicted octanol–water partition coefficient (Wildman–Crippen LogP) is -4.03. The predicted molar refractivity (Wildman–Crippen MR) is 106 cm³/mol. The van der Waals surface area contributed by atoms with E-state index in [-0.39, 0.29) is 259 Å². The van der Waals surface area contributed by atoms with Gasteiger partial charge in [0.2, 0.25) is 0 Å². The van der Waals surface area contributed by atoms with Gasteiger partial charge in [-0.1, -0.05) is 66.2 Å². The average Bonchev–Trinajstić information content (AvgIpc) is 2.53. The Morgan fingerprint density at radius 1 is 0.742 bits per heavy atom. The second-order valence-corrected chi connectivity index (χ2v) is 8.89. The molecule has 0 aromatic heterocycles. The summed E-state index contributed by atoms with van der Waals surface area (Å²) in [4.78, 5) is 31.3. The summed E-state index contributed by atoms with van der Waals surface area (Å²) in [6.45, 7) is 9.10. The Labute approximate surface area is 404 Å². The van der Waals surface area contributed by atoms with Gasteiger partial charge in [-0.2, -0.15) is 0 Å². The van der Waals surface area contributed by atoms with Crippen molar-refractivity contribution in [3.8, 4) is 0 Å². The normalized spacial score (nSPS) is 13.7. The summed E-state index contributed by atoms with van der Waals surface area (Å²) in [6, 6.07) is 0. The maximum absolute atomic E-state index is 11.9. The number of hydrogen-bond donors (Lipinski definition) is 4. The van der Waals surface area contributed by atoms with Gasteiger partial charge in [0.15, 0.2) is 0 Å². The fourth-order valence-corrected chi connectivity index (χ4v) is 3.11. The molecule has 0 heterocycles. The van der Waals surface area contributed by atoms with Crippen LogP contribution in [0.2, 0.25) is 0 Å². The van der Waals surface area contributed by atoms with Gasteiger partial charge in [0, 0.05) is 144 Å². The van der Waals surface area contributed by atoms with Gasteiger partial charge in [0.25, 0.3) is 0 Å². The summed E-state index contributed by atoms with van der Waals surface area (Å²) >= 11 is 0. The number of unbranched alkanes of at least 4 members (excludes halogenated alkanes) is 2. The minimum absolute atomic E-state index is 0. The third kappa shape index (κ3) is 48.2. The molecular weight excluding hydrogens is 911 g/mol. The maximum Gasteiger partial charge on any atom is 1.00 e. The molecule has 4 N–H and O–H groups in total. The van der Waals surface area contributed by atoms with Crippen molar-refractivity contribution in [3.63, 3.8) is 0 Å². The first-order valence-corrected chi connectivity index (χ1v) is 12.4. The van der Waals surface area contributed by atoms with E-state index in [0.717, 1.165) is 51.4 Å². The Balaban J connectivity index is -0.0000000503. The molecule has 15 heteroatoms. The zero-order valence-electron chi connectivity index (χ0n) is 23.2. The van der Waals surface area contributed by atoms with E-state index in [1.54, 1.807) is 0 Å². The molecule has 0 saturated carbocycles. The Morgan fingerprint density at radius 3 is 1.19 bits per heavy atom. The van der Waals surface area contributed by atoms with Crippen LogP contribution in [0.15, 0.2) is 0 Å². The molecule has 0 spiro atoms. The zero-order valence-corrected chi connectivity index (χ0v) is 34.7. The van der Waals surface area contributed by atoms with E-state index in [4.69, 9.17) is 28.3 Å². The fraction of sp³-hybridized carbons (Fsp3) is 1.00. The third-order valence-electron chi connectivity index (χ3n) is 4.03. The molecule has 0 aliphatic rings. The van der Waals surface area contributed by atoms with Crippen LogP contribution in [-0.4, -0.2) is 32.8 Å². The zero-order chi connectivity index (χ0) is 20.6. The van der Waals surface area contributed by atoms with Crippen LogP contribution in [0.5, 0.6) is 0 Å². The van der Waals surface area contributed by atoms with Crippen molar-refractivity contribution in [2.75, 3.05) is 13.2 Å². The van der Waals surface area contributed by atoms with E-state index in [1.807, 2.05) is 0 Å². The van der Waals surface area contributed by atoms with Crippen molar-refractivity contribution in [3.05, 3.63) is 0 Å². The summed E-state index contributed by atoms with van der Waals surface area (Å²) in [5.74, 6) is 0.687. The van der Waals surface area contributed by atoms with Crippen LogP contribution in [0, 0.1) is 156 Å². The van der Waals surface area contributed by atoms with Crippen molar-refractivity contribution in [1.82, 2.24) is 0 Å². The Morgan fingerprint density at radius 2 is 1.00 bits per heavy atom. The molecule has 2 atom stereocenters. The molecule has 0 aliphatic carbocycles. The van der Waals surface area contributed by atoms with Crippen LogP contribution in [0.1, 0.15) is 83.3 Å². The minimum Gasteiger partial charge on any atom is -1.00 e. The molecule has 0 aromatic rings. The molecule has 0 amide bonds. The van der Waals surface area contributed by atoms with Gasteiger partial charge in [-0.05, 0) is 24.7 Å². The van der Waals surface area contributed by atoms with Gasteiger partial charge in [-0.3, -0.25) is 9.05 Å². The SMILES string of the molecule is CCCCC(CC)COP(=O)(O)OCC(CC)CCCC.O=P(O)(O)O.[H-].[H-].[H-].[K+].[Na+].[Na+].[Rn].[Rn]. The Hall–Kier alpha value is 8.09. The first-order valence-electron chi connectivity index (χ1n) is 9.39. The summed E-state index contributed by atoms with van der Waals surface area (Å²) in [7, 11) is -8.53. The smallest absolute Gasteiger partial charge is 1.00 e. The molecule has 0 radical (unpaired) electrons. The van der Waals surface area contributed by atoms with Gasteiger partial charge in [-0.15, -0.1) is 0 Å². The van der Waals surface area contributed by atoms with Crippen molar-refractivity contribution >= 4 is 15.6 Å². The van der Waals surface area contributed by atoms with Gasteiger partial charge in [-0.25, -0.2) is 9.13 Å². The van der Waals surface area contributed by atoms with E-state index in [2.05, 4.69) is 27.7 Å². The molecular formula is C16H41KNa2O8P2Rn2. The molecule has 0 bridgehead atoms. The van der Waals surface area contributed by atoms with Crippen molar-refractivity contribution < 1.29 is 296 Å². The summed E-state index contributed by atoms with van der Waals surface area (Å²) in [5.41, 5.74) is 0. The quantitative estimate of drug-likeness (QED) is 0.102. The van der Waals surface area contributed by atoms with Crippen LogP contribution in [-0.2, 0) is 18.2 Å². The fourth-order valence-electron chi connectivity index (χ4n) is 2.23. The molecule has 0 aromatic carbocycles. The monoisotopic (exact) mass is 952 g/mol. The second-order valence-electron chi connectivity index (χ2n) is 6.41. The van der Waals surface area contributed by atoms with Crippen LogP contribution in [0.25, 0.3) is 0 Å². The van der Waals surface area contributed by atoms with E-state index >= 15 is 0 Å². The molecule has 0 aliphatic heterocycles. The van der Waals surface area contributed by atoms with E-state index in [9.17, 15) is 9.46 Å². The Bertz CT molecular complexity index is 423. The van der Waals surface area contributed by atoms with Crippen LogP contribution in [0.4, 0.5) is 0 Å². The maximum atomic E-state index is 11.9. The molecule has 2 unspecified atom stereocenters. The molecule has 0 fully saturated rings. The van der Waals surface area contributed by atoms with Crippen molar-refractivity contribution in [2.45, 2.75) is 79.1 Å². The molecule has 31 heavy (non-hydrogen) atoms. The van der Waals surface area contributed by atoms with Gasteiger partial charge >= 0.3 is 126 Å². The van der Waals surface area contributed by atoms with Gasteiger partial charge in [0.05, 0.1) is 13.2 Å². The number of phosphoric acid groups is 2. The first-order chi connectivity index (χ1) is 12.0. The first kappa shape index (κ1) is 55.1. The standard InChI is InChI=1S/C16H35O4P.K.2Na.H3O4P.2Rn.3H/c1-5-9-11-15(7-3)13-19-21(17,18)20-14-16(8-4)12-10-6-2;;;;1-5(2,3)4;;;;;/h15-16H,5-14H2,1-4H3,(H,17,18);;;;(H3,1,2,3,4);;;;;/q;3*+1;;;;3*-1. The summed E-state index contributed by atoms with van der Waals surface area (Å²) in [6.07, 6.45) is 8.56. The van der Waals surface area contributed by atoms with Crippen LogP contribution in [0.3, 0.4) is 0 Å². The van der Waals surface area contributed by atoms with E-state index in [0.29, 0.717) is 25.0 Å². The van der Waals surface area contributed by atoms with E-state index < -0.39 is 15.6 Å². The van der Waals surface area contributed by atoms with Crippen molar-refractivity contribution in [2.24, 2.45) is 11.8 Å². The van der Waals surface area contributed by atoms with E-state index in [1.165, 1.54) is 0 Å². The number of hydrogen-bond acceptors (Lipinski definition) is 4. The third-order valence-corrected chi connectivity index (χ3v) is 4.98. The summed E-state index contributed by atoms with van der Waals surface area (Å²) in [5, 5.41) is 0. The van der Waals surface area contributed by atoms with Gasteiger partial charge < -0.3 is 23.9 Å². The van der Waals surface area contributed by atoms with Crippen LogP contribution >= 0.6 is 15.6 Å². The van der Waals surface area contributed by atoms with Crippen LogP contribution < -0.4 is 110 Å². The molecule has 0 rings (SSSR count).